The maximum Gasteiger partial charge on any atom is 0.414 e. The zero-order valence-electron chi connectivity index (χ0n) is 19.1. The molecule has 33 heavy (non-hydrogen) atoms. The van der Waals surface area contributed by atoms with Crippen LogP contribution in [0.3, 0.4) is 0 Å². The topological polar surface area (TPSA) is 120 Å². The number of aliphatic carboxylic acids is 2. The van der Waals surface area contributed by atoms with Crippen LogP contribution in [0.15, 0.2) is 42.5 Å². The molecule has 0 amide bonds. The van der Waals surface area contributed by atoms with E-state index < -0.39 is 11.9 Å². The van der Waals surface area contributed by atoms with Gasteiger partial charge in [0.15, 0.2) is 11.5 Å². The zero-order valence-corrected chi connectivity index (χ0v) is 19.1. The van der Waals surface area contributed by atoms with Gasteiger partial charge >= 0.3 is 11.9 Å². The van der Waals surface area contributed by atoms with Crippen molar-refractivity contribution < 1.29 is 34.4 Å². The molecular formula is C24H32N2O7. The van der Waals surface area contributed by atoms with Crippen LogP contribution in [0.2, 0.25) is 0 Å². The first-order valence-corrected chi connectivity index (χ1v) is 10.7. The molecule has 3 N–H and O–H groups in total. The molecule has 1 heterocycles. The molecule has 1 saturated heterocycles. The van der Waals surface area contributed by atoms with E-state index in [2.05, 4.69) is 40.1 Å². The van der Waals surface area contributed by atoms with Crippen molar-refractivity contribution in [2.24, 2.45) is 0 Å². The van der Waals surface area contributed by atoms with E-state index in [1.807, 2.05) is 12.1 Å². The average Bonchev–Trinajstić information content (AvgIpc) is 2.82. The van der Waals surface area contributed by atoms with Gasteiger partial charge in [0.2, 0.25) is 5.75 Å². The van der Waals surface area contributed by atoms with E-state index in [0.717, 1.165) is 51.3 Å². The second-order valence-electron chi connectivity index (χ2n) is 7.67. The number of carboxylic acids is 2. The number of methoxy groups -OCH3 is 2. The minimum atomic E-state index is -1.82. The monoisotopic (exact) mass is 460 g/mol. The van der Waals surface area contributed by atoms with E-state index in [-0.39, 0.29) is 5.75 Å². The van der Waals surface area contributed by atoms with Crippen molar-refractivity contribution in [1.82, 2.24) is 9.80 Å². The summed E-state index contributed by atoms with van der Waals surface area (Å²) in [6.45, 7) is 6.30. The van der Waals surface area contributed by atoms with Crippen molar-refractivity contribution in [2.45, 2.75) is 19.4 Å². The lowest BCUT2D eigenvalue weighted by atomic mass is 10.1. The van der Waals surface area contributed by atoms with Gasteiger partial charge in [-0.25, -0.2) is 9.59 Å². The smallest absolute Gasteiger partial charge is 0.414 e. The Bertz CT molecular complexity index is 860. The number of phenols is 1. The van der Waals surface area contributed by atoms with Gasteiger partial charge in [-0.05, 0) is 42.6 Å². The SMILES string of the molecule is COc1cc(CN2CCN(CCCc3ccccc3)CC2)cc(OC)c1O.O=C(O)C(=O)O. The summed E-state index contributed by atoms with van der Waals surface area (Å²) in [6, 6.07) is 14.5. The molecule has 2 aromatic carbocycles. The fourth-order valence-electron chi connectivity index (χ4n) is 3.62. The second kappa shape index (κ2) is 13.3. The Morgan fingerprint density at radius 1 is 0.848 bits per heavy atom. The van der Waals surface area contributed by atoms with Gasteiger partial charge < -0.3 is 29.7 Å². The summed E-state index contributed by atoms with van der Waals surface area (Å²) in [7, 11) is 3.12. The van der Waals surface area contributed by atoms with Crippen molar-refractivity contribution in [3.05, 3.63) is 53.6 Å². The number of benzene rings is 2. The van der Waals surface area contributed by atoms with Crippen LogP contribution >= 0.6 is 0 Å². The molecule has 180 valence electrons. The zero-order chi connectivity index (χ0) is 24.2. The van der Waals surface area contributed by atoms with Gasteiger partial charge in [0.1, 0.15) is 0 Å². The first-order chi connectivity index (χ1) is 15.8. The molecule has 0 saturated carbocycles. The Kier molecular flexibility index (Phi) is 10.5. The largest absolute Gasteiger partial charge is 0.502 e. The average molecular weight is 461 g/mol. The van der Waals surface area contributed by atoms with Gasteiger partial charge in [-0.1, -0.05) is 30.3 Å². The summed E-state index contributed by atoms with van der Waals surface area (Å²) in [6.07, 6.45) is 2.35. The quantitative estimate of drug-likeness (QED) is 0.510. The van der Waals surface area contributed by atoms with E-state index in [1.165, 1.54) is 12.0 Å². The number of carboxylic acid groups (broad SMARTS) is 2. The highest BCUT2D eigenvalue weighted by atomic mass is 16.5. The van der Waals surface area contributed by atoms with Crippen LogP contribution in [0.4, 0.5) is 0 Å². The van der Waals surface area contributed by atoms with E-state index in [9.17, 15) is 5.11 Å². The second-order valence-corrected chi connectivity index (χ2v) is 7.67. The van der Waals surface area contributed by atoms with E-state index in [4.69, 9.17) is 29.3 Å². The van der Waals surface area contributed by atoms with E-state index in [0.29, 0.717) is 11.5 Å². The van der Waals surface area contributed by atoms with Crippen molar-refractivity contribution in [2.75, 3.05) is 46.9 Å². The number of ether oxygens (including phenoxy) is 2. The van der Waals surface area contributed by atoms with Crippen LogP contribution in [0.25, 0.3) is 0 Å². The van der Waals surface area contributed by atoms with Gasteiger partial charge in [-0.3, -0.25) is 4.90 Å². The van der Waals surface area contributed by atoms with E-state index >= 15 is 0 Å². The highest BCUT2D eigenvalue weighted by Gasteiger charge is 2.18. The minimum Gasteiger partial charge on any atom is -0.502 e. The third-order valence-electron chi connectivity index (χ3n) is 5.38. The minimum absolute atomic E-state index is 0.0620. The van der Waals surface area contributed by atoms with Crippen LogP contribution in [0.1, 0.15) is 17.5 Å². The van der Waals surface area contributed by atoms with Gasteiger partial charge in [0.25, 0.3) is 0 Å². The van der Waals surface area contributed by atoms with E-state index in [1.54, 1.807) is 14.2 Å². The Hall–Kier alpha value is -3.30. The number of phenolic OH excluding ortho intramolecular Hbond substituents is 1. The number of hydrogen-bond acceptors (Lipinski definition) is 7. The lowest BCUT2D eigenvalue weighted by molar-refractivity contribution is -0.159. The van der Waals surface area contributed by atoms with Crippen LogP contribution in [0, 0.1) is 0 Å². The van der Waals surface area contributed by atoms with Gasteiger partial charge in [-0.2, -0.15) is 0 Å². The van der Waals surface area contributed by atoms with Crippen molar-refractivity contribution in [1.29, 1.82) is 0 Å². The van der Waals surface area contributed by atoms with Gasteiger partial charge in [-0.15, -0.1) is 0 Å². The summed E-state index contributed by atoms with van der Waals surface area (Å²) in [5.74, 6) is -2.66. The number of carbonyl (C=O) groups is 2. The third kappa shape index (κ3) is 8.63. The molecule has 0 bridgehead atoms. The Morgan fingerprint density at radius 2 is 1.36 bits per heavy atom. The summed E-state index contributed by atoms with van der Waals surface area (Å²) in [5.41, 5.74) is 2.52. The van der Waals surface area contributed by atoms with Gasteiger partial charge in [0.05, 0.1) is 14.2 Å². The maximum atomic E-state index is 10.0. The summed E-state index contributed by atoms with van der Waals surface area (Å²) < 4.78 is 10.5. The lowest BCUT2D eigenvalue weighted by Gasteiger charge is -2.34. The fourth-order valence-corrected chi connectivity index (χ4v) is 3.62. The highest BCUT2D eigenvalue weighted by Crippen LogP contribution is 2.37. The summed E-state index contributed by atoms with van der Waals surface area (Å²) >= 11 is 0. The lowest BCUT2D eigenvalue weighted by Crippen LogP contribution is -2.46. The number of rotatable bonds is 8. The van der Waals surface area contributed by atoms with Crippen LogP contribution in [0.5, 0.6) is 17.2 Å². The molecular weight excluding hydrogens is 428 g/mol. The van der Waals surface area contributed by atoms with Gasteiger partial charge in [0, 0.05) is 32.7 Å². The molecule has 0 spiro atoms. The molecule has 1 aliphatic rings. The third-order valence-corrected chi connectivity index (χ3v) is 5.38. The first kappa shape index (κ1) is 26.0. The maximum absolute atomic E-state index is 10.0. The number of aromatic hydroxyl groups is 1. The fraction of sp³-hybridized carbons (Fsp3) is 0.417. The predicted octanol–water partition coefficient (Wildman–Crippen LogP) is 2.32. The number of hydrogen-bond donors (Lipinski definition) is 3. The molecule has 3 rings (SSSR count). The molecule has 1 aliphatic heterocycles. The number of piperazine rings is 1. The van der Waals surface area contributed by atoms with Crippen LogP contribution in [-0.4, -0.2) is 84.0 Å². The number of nitrogens with zero attached hydrogens (tertiary/aromatic N) is 2. The summed E-state index contributed by atoms with van der Waals surface area (Å²) in [5, 5.41) is 24.8. The molecule has 9 nitrogen and oxygen atoms in total. The van der Waals surface area contributed by atoms with Crippen LogP contribution in [-0.2, 0) is 22.6 Å². The molecule has 2 aromatic rings. The number of aryl methyl sites for hydroxylation is 1. The van der Waals surface area contributed by atoms with Crippen molar-refractivity contribution in [3.8, 4) is 17.2 Å². The Labute approximate surface area is 193 Å². The molecule has 0 unspecified atom stereocenters. The molecule has 0 atom stereocenters. The molecule has 1 fully saturated rings. The molecule has 0 aliphatic carbocycles. The molecule has 0 aromatic heterocycles. The Balaban J connectivity index is 0.000000569. The molecule has 9 heteroatoms. The molecule has 0 radical (unpaired) electrons. The first-order valence-electron chi connectivity index (χ1n) is 10.7. The van der Waals surface area contributed by atoms with Crippen molar-refractivity contribution >= 4 is 11.9 Å². The highest BCUT2D eigenvalue weighted by molar-refractivity contribution is 6.27. The van der Waals surface area contributed by atoms with Crippen molar-refractivity contribution in [3.63, 3.8) is 0 Å². The predicted molar refractivity (Wildman–Crippen MR) is 123 cm³/mol. The van der Waals surface area contributed by atoms with Crippen LogP contribution < -0.4 is 9.47 Å². The normalized spacial score (nSPS) is 14.1. The standard InChI is InChI=1S/C22H30N2O3.C2H2O4/c1-26-20-15-19(16-21(27-2)22(20)25)17-24-13-11-23(12-14-24)10-6-9-18-7-4-3-5-8-18;3-1(4)2(5)6/h3-5,7-8,15-16,25H,6,9-14,17H2,1-2H3;(H,3,4)(H,5,6). The Morgan fingerprint density at radius 3 is 1.85 bits per heavy atom. The summed E-state index contributed by atoms with van der Waals surface area (Å²) in [4.78, 5) is 23.2.